The molecular formula is C22H13ClF3N9O2. The summed E-state index contributed by atoms with van der Waals surface area (Å²) in [7, 11) is 0. The molecule has 0 radical (unpaired) electrons. The van der Waals surface area contributed by atoms with Gasteiger partial charge in [-0.15, -0.1) is 4.80 Å². The van der Waals surface area contributed by atoms with Crippen molar-refractivity contribution in [2.75, 3.05) is 5.32 Å². The van der Waals surface area contributed by atoms with Crippen molar-refractivity contribution in [2.24, 2.45) is 5.73 Å². The third kappa shape index (κ3) is 4.45. The van der Waals surface area contributed by atoms with Gasteiger partial charge in [0.25, 0.3) is 11.8 Å². The summed E-state index contributed by atoms with van der Waals surface area (Å²) >= 11 is 6.18. The van der Waals surface area contributed by atoms with Crippen LogP contribution >= 0.6 is 11.6 Å². The Hall–Kier alpha value is -4.85. The van der Waals surface area contributed by atoms with Crippen LogP contribution in [0.1, 0.15) is 26.5 Å². The van der Waals surface area contributed by atoms with Gasteiger partial charge in [0.2, 0.25) is 0 Å². The number of nitrogens with two attached hydrogens (primary N) is 1. The zero-order valence-corrected chi connectivity index (χ0v) is 19.1. The van der Waals surface area contributed by atoms with E-state index in [2.05, 4.69) is 30.6 Å². The largest absolute Gasteiger partial charge is 0.434 e. The predicted octanol–water partition coefficient (Wildman–Crippen LogP) is 3.42. The number of hydrogen-bond acceptors (Lipinski definition) is 7. The highest BCUT2D eigenvalue weighted by Gasteiger charge is 2.41. The van der Waals surface area contributed by atoms with Gasteiger partial charge < -0.3 is 11.1 Å². The third-order valence-electron chi connectivity index (χ3n) is 5.16. The normalized spacial score (nSPS) is 11.6. The molecule has 15 heteroatoms. The minimum atomic E-state index is -4.96. The number of rotatable bonds is 5. The molecule has 3 N–H and O–H groups in total. The van der Waals surface area contributed by atoms with E-state index in [1.165, 1.54) is 55.0 Å². The van der Waals surface area contributed by atoms with Crippen LogP contribution in [0.2, 0.25) is 5.02 Å². The zero-order chi connectivity index (χ0) is 26.3. The Morgan fingerprint density at radius 3 is 2.46 bits per heavy atom. The molecule has 186 valence electrons. The topological polar surface area (TPSA) is 146 Å². The Bertz CT molecular complexity index is 1670. The fourth-order valence-electron chi connectivity index (χ4n) is 3.60. The van der Waals surface area contributed by atoms with Crippen molar-refractivity contribution in [1.29, 1.82) is 0 Å². The van der Waals surface area contributed by atoms with Crippen molar-refractivity contribution < 1.29 is 22.8 Å². The van der Waals surface area contributed by atoms with Crippen LogP contribution in [0.3, 0.4) is 0 Å². The van der Waals surface area contributed by atoms with Gasteiger partial charge in [0.05, 0.1) is 52.3 Å². The van der Waals surface area contributed by atoms with Crippen molar-refractivity contribution in [2.45, 2.75) is 6.18 Å². The second-order valence-corrected chi connectivity index (χ2v) is 7.93. The van der Waals surface area contributed by atoms with Crippen LogP contribution in [-0.4, -0.2) is 46.6 Å². The summed E-state index contributed by atoms with van der Waals surface area (Å²) < 4.78 is 43.2. The Morgan fingerprint density at radius 1 is 1.03 bits per heavy atom. The number of anilines is 1. The maximum absolute atomic E-state index is 14.2. The summed E-state index contributed by atoms with van der Waals surface area (Å²) in [5.41, 5.74) is 3.40. The van der Waals surface area contributed by atoms with Crippen LogP contribution in [0.15, 0.2) is 61.2 Å². The van der Waals surface area contributed by atoms with Crippen LogP contribution in [-0.2, 0) is 6.18 Å². The molecule has 0 aliphatic carbocycles. The highest BCUT2D eigenvalue weighted by molar-refractivity contribution is 6.32. The smallest absolute Gasteiger partial charge is 0.364 e. The first-order valence-corrected chi connectivity index (χ1v) is 10.7. The summed E-state index contributed by atoms with van der Waals surface area (Å²) in [4.78, 5) is 33.6. The van der Waals surface area contributed by atoms with Gasteiger partial charge in [-0.1, -0.05) is 17.7 Å². The van der Waals surface area contributed by atoms with Gasteiger partial charge in [-0.3, -0.25) is 9.59 Å². The number of pyridine rings is 2. The molecular weight excluding hydrogens is 515 g/mol. The molecule has 0 bridgehead atoms. The van der Waals surface area contributed by atoms with Gasteiger partial charge >= 0.3 is 6.18 Å². The van der Waals surface area contributed by atoms with Crippen LogP contribution in [0, 0.1) is 0 Å². The molecule has 0 saturated heterocycles. The lowest BCUT2D eigenvalue weighted by Gasteiger charge is -2.14. The van der Waals surface area contributed by atoms with E-state index in [4.69, 9.17) is 17.3 Å². The number of alkyl halides is 3. The Labute approximate surface area is 209 Å². The van der Waals surface area contributed by atoms with E-state index in [9.17, 15) is 22.8 Å². The quantitative estimate of drug-likeness (QED) is 0.356. The average Bonchev–Trinajstić information content (AvgIpc) is 3.54. The molecule has 5 rings (SSSR count). The molecule has 5 aromatic rings. The van der Waals surface area contributed by atoms with Crippen LogP contribution < -0.4 is 11.1 Å². The number of hydrogen-bond donors (Lipinski definition) is 2. The minimum absolute atomic E-state index is 0.00631. The van der Waals surface area contributed by atoms with Gasteiger partial charge in [-0.2, -0.15) is 28.5 Å². The minimum Gasteiger partial charge on any atom is -0.364 e. The predicted molar refractivity (Wildman–Crippen MR) is 125 cm³/mol. The number of fused-ring (bicyclic) bond motifs is 1. The maximum Gasteiger partial charge on any atom is 0.434 e. The fraction of sp³-hybridized carbons (Fsp3) is 0.0455. The van der Waals surface area contributed by atoms with Crippen molar-refractivity contribution >= 4 is 40.0 Å². The van der Waals surface area contributed by atoms with Crippen molar-refractivity contribution in [3.05, 3.63) is 83.2 Å². The number of carbonyl (C=O) groups excluding carboxylic acids is 2. The molecule has 4 aromatic heterocycles. The molecule has 0 unspecified atom stereocenters. The van der Waals surface area contributed by atoms with Gasteiger partial charge in [0, 0.05) is 5.39 Å². The molecule has 2 amide bonds. The Kier molecular flexibility index (Phi) is 5.79. The second-order valence-electron chi connectivity index (χ2n) is 7.52. The first-order chi connectivity index (χ1) is 17.6. The van der Waals surface area contributed by atoms with E-state index in [-0.39, 0.29) is 38.8 Å². The number of benzene rings is 1. The lowest BCUT2D eigenvalue weighted by molar-refractivity contribution is -0.143. The highest BCUT2D eigenvalue weighted by atomic mass is 35.5. The van der Waals surface area contributed by atoms with Crippen molar-refractivity contribution in [3.63, 3.8) is 0 Å². The lowest BCUT2D eigenvalue weighted by atomic mass is 10.1. The Morgan fingerprint density at radius 2 is 1.78 bits per heavy atom. The number of amides is 2. The average molecular weight is 528 g/mol. The summed E-state index contributed by atoms with van der Waals surface area (Å²) in [6.45, 7) is 0. The zero-order valence-electron chi connectivity index (χ0n) is 18.3. The van der Waals surface area contributed by atoms with E-state index >= 15 is 0 Å². The number of halogens is 4. The van der Waals surface area contributed by atoms with E-state index in [0.717, 1.165) is 11.0 Å². The number of aromatic nitrogens is 7. The molecule has 1 aromatic carbocycles. The molecule has 0 atom stereocenters. The summed E-state index contributed by atoms with van der Waals surface area (Å²) in [5.74, 6) is -1.71. The molecule has 0 fully saturated rings. The molecule has 0 saturated carbocycles. The number of primary amides is 1. The van der Waals surface area contributed by atoms with Gasteiger partial charge in [-0.25, -0.2) is 14.6 Å². The molecule has 0 spiro atoms. The Balaban J connectivity index is 1.53. The molecule has 11 nitrogen and oxygen atoms in total. The lowest BCUT2D eigenvalue weighted by Crippen LogP contribution is -2.21. The van der Waals surface area contributed by atoms with Crippen LogP contribution in [0.25, 0.3) is 22.4 Å². The molecule has 4 heterocycles. The molecule has 37 heavy (non-hydrogen) atoms. The summed E-state index contributed by atoms with van der Waals surface area (Å²) in [5, 5.41) is 14.3. The second kappa shape index (κ2) is 8.98. The number of carbonyl (C=O) groups is 2. The van der Waals surface area contributed by atoms with E-state index in [1.807, 2.05) is 0 Å². The molecule has 0 aliphatic heterocycles. The first-order valence-electron chi connectivity index (χ1n) is 10.3. The van der Waals surface area contributed by atoms with E-state index in [0.29, 0.717) is 4.68 Å². The van der Waals surface area contributed by atoms with Gasteiger partial charge in [0.15, 0.2) is 11.5 Å². The van der Waals surface area contributed by atoms with Gasteiger partial charge in [0.1, 0.15) is 5.69 Å². The van der Waals surface area contributed by atoms with E-state index < -0.39 is 29.2 Å². The standard InChI is InChI=1S/C22H13ClF3N9O2/c23-14-8-11(9-28-20(14)35-29-6-7-30-35)32-21(37)13-10-31-34(18(13)22(24,25)26)17-3-1-2-15-12(17)4-5-16(33-15)19(27)36/h1-10H,(H2,27,36)(H,32,37). The fourth-order valence-corrected chi connectivity index (χ4v) is 3.84. The van der Waals surface area contributed by atoms with Gasteiger partial charge in [-0.05, 0) is 30.3 Å². The molecule has 0 aliphatic rings. The first kappa shape index (κ1) is 23.9. The van der Waals surface area contributed by atoms with Crippen LogP contribution in [0.4, 0.5) is 18.9 Å². The third-order valence-corrected chi connectivity index (χ3v) is 5.44. The summed E-state index contributed by atoms with van der Waals surface area (Å²) in [6, 6.07) is 8.33. The van der Waals surface area contributed by atoms with E-state index in [1.54, 1.807) is 0 Å². The SMILES string of the molecule is NC(=O)c1ccc2c(-n3ncc(C(=O)Nc4cnc(-n5nccn5)c(Cl)c4)c3C(F)(F)F)cccc2n1. The number of nitrogens with one attached hydrogen (secondary N) is 1. The maximum atomic E-state index is 14.2. The van der Waals surface area contributed by atoms with Crippen molar-refractivity contribution in [3.8, 4) is 11.5 Å². The van der Waals surface area contributed by atoms with Crippen molar-refractivity contribution in [1.82, 2.24) is 34.7 Å². The monoisotopic (exact) mass is 527 g/mol. The highest BCUT2D eigenvalue weighted by Crippen LogP contribution is 2.35. The number of nitrogens with zero attached hydrogens (tertiary/aromatic N) is 7. The summed E-state index contributed by atoms with van der Waals surface area (Å²) in [6.07, 6.45) is -0.136. The van der Waals surface area contributed by atoms with Crippen LogP contribution in [0.5, 0.6) is 0 Å².